The van der Waals surface area contributed by atoms with Crippen molar-refractivity contribution in [3.05, 3.63) is 48.0 Å². The maximum atomic E-state index is 12.5. The standard InChI is InChI=1S/C18H16N2O3S/c1-11(12-5-3-2-4-6-12)17(21)20-18-19-13-9-14-15(10-16(13)24-18)23-8-7-22-14/h2-6,9-11H,7-8H2,1H3,(H,19,20,21)/t11-/m0/s1. The van der Waals surface area contributed by atoms with E-state index in [0.717, 1.165) is 21.5 Å². The van der Waals surface area contributed by atoms with E-state index in [1.54, 1.807) is 0 Å². The number of rotatable bonds is 3. The van der Waals surface area contributed by atoms with E-state index in [1.165, 1.54) is 11.3 Å². The fourth-order valence-corrected chi connectivity index (χ4v) is 3.50. The highest BCUT2D eigenvalue weighted by molar-refractivity contribution is 7.22. The maximum absolute atomic E-state index is 12.5. The molecule has 0 fully saturated rings. The van der Waals surface area contributed by atoms with Gasteiger partial charge in [-0.3, -0.25) is 4.79 Å². The van der Waals surface area contributed by atoms with Crippen molar-refractivity contribution >= 4 is 32.6 Å². The summed E-state index contributed by atoms with van der Waals surface area (Å²) in [4.78, 5) is 16.9. The van der Waals surface area contributed by atoms with Gasteiger partial charge in [-0.05, 0) is 12.5 Å². The zero-order valence-electron chi connectivity index (χ0n) is 13.1. The van der Waals surface area contributed by atoms with Crippen LogP contribution in [0.2, 0.25) is 0 Å². The van der Waals surface area contributed by atoms with E-state index < -0.39 is 0 Å². The Labute approximate surface area is 143 Å². The molecule has 0 bridgehead atoms. The van der Waals surface area contributed by atoms with Gasteiger partial charge in [0.05, 0.1) is 16.1 Å². The second-order valence-electron chi connectivity index (χ2n) is 5.60. The number of nitrogens with one attached hydrogen (secondary N) is 1. The Balaban J connectivity index is 1.57. The predicted molar refractivity (Wildman–Crippen MR) is 94.1 cm³/mol. The van der Waals surface area contributed by atoms with Crippen molar-refractivity contribution in [2.75, 3.05) is 18.5 Å². The van der Waals surface area contributed by atoms with Gasteiger partial charge < -0.3 is 14.8 Å². The first-order valence-corrected chi connectivity index (χ1v) is 8.58. The number of hydrogen-bond acceptors (Lipinski definition) is 5. The molecule has 122 valence electrons. The zero-order chi connectivity index (χ0) is 16.5. The molecule has 1 N–H and O–H groups in total. The number of nitrogens with zero attached hydrogens (tertiary/aromatic N) is 1. The van der Waals surface area contributed by atoms with Crippen LogP contribution in [0.15, 0.2) is 42.5 Å². The van der Waals surface area contributed by atoms with E-state index in [-0.39, 0.29) is 11.8 Å². The maximum Gasteiger partial charge on any atom is 0.233 e. The van der Waals surface area contributed by atoms with Crippen LogP contribution in [-0.2, 0) is 4.79 Å². The molecule has 5 nitrogen and oxygen atoms in total. The number of ether oxygens (including phenoxy) is 2. The molecular formula is C18H16N2O3S. The molecule has 0 radical (unpaired) electrons. The highest BCUT2D eigenvalue weighted by Crippen LogP contribution is 2.38. The van der Waals surface area contributed by atoms with E-state index in [0.29, 0.717) is 24.1 Å². The van der Waals surface area contributed by atoms with Gasteiger partial charge in [-0.2, -0.15) is 0 Å². The van der Waals surface area contributed by atoms with Gasteiger partial charge >= 0.3 is 0 Å². The monoisotopic (exact) mass is 340 g/mol. The molecule has 1 aliphatic heterocycles. The van der Waals surface area contributed by atoms with Crippen molar-refractivity contribution in [1.82, 2.24) is 4.98 Å². The van der Waals surface area contributed by atoms with Crippen LogP contribution < -0.4 is 14.8 Å². The fraction of sp³-hybridized carbons (Fsp3) is 0.222. The Bertz CT molecular complexity index is 849. The highest BCUT2D eigenvalue weighted by atomic mass is 32.1. The van der Waals surface area contributed by atoms with E-state index in [1.807, 2.05) is 49.4 Å². The number of fused-ring (bicyclic) bond motifs is 2. The molecule has 4 rings (SSSR count). The van der Waals surface area contributed by atoms with Crippen LogP contribution in [0.1, 0.15) is 18.4 Å². The first-order valence-electron chi connectivity index (χ1n) is 7.77. The topological polar surface area (TPSA) is 60.5 Å². The summed E-state index contributed by atoms with van der Waals surface area (Å²) in [5.41, 5.74) is 1.78. The van der Waals surface area contributed by atoms with Gasteiger partial charge in [-0.1, -0.05) is 41.7 Å². The zero-order valence-corrected chi connectivity index (χ0v) is 13.9. The van der Waals surface area contributed by atoms with Crippen molar-refractivity contribution in [2.45, 2.75) is 12.8 Å². The third-order valence-electron chi connectivity index (χ3n) is 3.98. The van der Waals surface area contributed by atoms with Gasteiger partial charge in [0.25, 0.3) is 0 Å². The normalized spacial score (nSPS) is 14.4. The van der Waals surface area contributed by atoms with Gasteiger partial charge in [-0.25, -0.2) is 4.98 Å². The minimum atomic E-state index is -0.238. The van der Waals surface area contributed by atoms with Gasteiger partial charge in [-0.15, -0.1) is 0 Å². The van der Waals surface area contributed by atoms with Crippen LogP contribution >= 0.6 is 11.3 Å². The molecule has 0 aliphatic carbocycles. The number of anilines is 1. The van der Waals surface area contributed by atoms with Crippen LogP contribution in [0.3, 0.4) is 0 Å². The lowest BCUT2D eigenvalue weighted by Crippen LogP contribution is -2.18. The quantitative estimate of drug-likeness (QED) is 0.787. The van der Waals surface area contributed by atoms with Crippen molar-refractivity contribution in [3.8, 4) is 11.5 Å². The molecule has 3 aromatic rings. The first-order chi connectivity index (χ1) is 11.7. The summed E-state index contributed by atoms with van der Waals surface area (Å²) in [7, 11) is 0. The molecule has 0 saturated carbocycles. The highest BCUT2D eigenvalue weighted by Gasteiger charge is 2.19. The molecule has 2 heterocycles. The number of hydrogen-bond donors (Lipinski definition) is 1. The number of benzene rings is 2. The van der Waals surface area contributed by atoms with Gasteiger partial charge in [0, 0.05) is 12.1 Å². The Morgan fingerprint density at radius 2 is 1.88 bits per heavy atom. The Hall–Kier alpha value is -2.60. The van der Waals surface area contributed by atoms with E-state index >= 15 is 0 Å². The van der Waals surface area contributed by atoms with Gasteiger partial charge in [0.15, 0.2) is 16.6 Å². The lowest BCUT2D eigenvalue weighted by atomic mass is 10.0. The summed E-state index contributed by atoms with van der Waals surface area (Å²) in [6.45, 7) is 2.98. The second kappa shape index (κ2) is 6.13. The molecule has 0 unspecified atom stereocenters. The SMILES string of the molecule is C[C@H](C(=O)Nc1nc2cc3c(cc2s1)OCCO3)c1ccccc1. The Morgan fingerprint density at radius 1 is 1.17 bits per heavy atom. The summed E-state index contributed by atoms with van der Waals surface area (Å²) in [6, 6.07) is 13.5. The lowest BCUT2D eigenvalue weighted by molar-refractivity contribution is -0.117. The molecule has 6 heteroatoms. The molecule has 2 aromatic carbocycles. The van der Waals surface area contributed by atoms with E-state index in [2.05, 4.69) is 10.3 Å². The average Bonchev–Trinajstić information content (AvgIpc) is 3.00. The number of aromatic nitrogens is 1. The van der Waals surface area contributed by atoms with Crippen molar-refractivity contribution < 1.29 is 14.3 Å². The molecular weight excluding hydrogens is 324 g/mol. The van der Waals surface area contributed by atoms with Gasteiger partial charge in [0.2, 0.25) is 5.91 Å². The number of carbonyl (C=O) groups is 1. The van der Waals surface area contributed by atoms with Crippen LogP contribution in [0.5, 0.6) is 11.5 Å². The second-order valence-corrected chi connectivity index (χ2v) is 6.63. The Morgan fingerprint density at radius 3 is 2.62 bits per heavy atom. The fourth-order valence-electron chi connectivity index (χ4n) is 2.63. The van der Waals surface area contributed by atoms with Crippen molar-refractivity contribution in [2.24, 2.45) is 0 Å². The average molecular weight is 340 g/mol. The molecule has 0 saturated heterocycles. The van der Waals surface area contributed by atoms with Crippen LogP contribution in [0, 0.1) is 0 Å². The van der Waals surface area contributed by atoms with Crippen LogP contribution in [0.25, 0.3) is 10.2 Å². The molecule has 1 aromatic heterocycles. The van der Waals surface area contributed by atoms with Crippen LogP contribution in [0.4, 0.5) is 5.13 Å². The summed E-state index contributed by atoms with van der Waals surface area (Å²) < 4.78 is 12.1. The Kier molecular flexibility index (Phi) is 3.82. The molecule has 1 atom stereocenters. The largest absolute Gasteiger partial charge is 0.486 e. The lowest BCUT2D eigenvalue weighted by Gasteiger charge is -2.17. The van der Waals surface area contributed by atoms with Crippen LogP contribution in [-0.4, -0.2) is 24.1 Å². The van der Waals surface area contributed by atoms with E-state index in [9.17, 15) is 4.79 Å². The van der Waals surface area contributed by atoms with Gasteiger partial charge in [0.1, 0.15) is 13.2 Å². The minimum Gasteiger partial charge on any atom is -0.486 e. The third kappa shape index (κ3) is 2.80. The minimum absolute atomic E-state index is 0.0717. The number of thiazole rings is 1. The third-order valence-corrected chi connectivity index (χ3v) is 4.91. The number of amides is 1. The molecule has 1 amide bonds. The predicted octanol–water partition coefficient (Wildman–Crippen LogP) is 3.81. The summed E-state index contributed by atoms with van der Waals surface area (Å²) >= 11 is 1.43. The van der Waals surface area contributed by atoms with Crippen molar-refractivity contribution in [3.63, 3.8) is 0 Å². The molecule has 24 heavy (non-hydrogen) atoms. The smallest absolute Gasteiger partial charge is 0.233 e. The number of carbonyl (C=O) groups excluding carboxylic acids is 1. The molecule has 0 spiro atoms. The summed E-state index contributed by atoms with van der Waals surface area (Å²) in [5, 5.41) is 3.49. The molecule has 1 aliphatic rings. The first kappa shape index (κ1) is 15.0. The summed E-state index contributed by atoms with van der Waals surface area (Å²) in [5.74, 6) is 1.12. The van der Waals surface area contributed by atoms with Crippen molar-refractivity contribution in [1.29, 1.82) is 0 Å². The van der Waals surface area contributed by atoms with E-state index in [4.69, 9.17) is 9.47 Å². The summed E-state index contributed by atoms with van der Waals surface area (Å²) in [6.07, 6.45) is 0.